The van der Waals surface area contributed by atoms with Gasteiger partial charge in [0.05, 0.1) is 36.2 Å². The Hall–Kier alpha value is -3.54. The van der Waals surface area contributed by atoms with E-state index in [0.29, 0.717) is 28.4 Å². The van der Waals surface area contributed by atoms with Gasteiger partial charge in [-0.2, -0.15) is 0 Å². The van der Waals surface area contributed by atoms with E-state index in [1.165, 1.54) is 0 Å². The molecule has 0 spiro atoms. The zero-order valence-corrected chi connectivity index (χ0v) is 15.9. The molecule has 0 aliphatic rings. The van der Waals surface area contributed by atoms with E-state index in [-0.39, 0.29) is 12.2 Å². The van der Waals surface area contributed by atoms with Crippen molar-refractivity contribution < 1.29 is 24.2 Å². The van der Waals surface area contributed by atoms with Crippen molar-refractivity contribution >= 4 is 11.9 Å². The van der Waals surface area contributed by atoms with Gasteiger partial charge < -0.3 is 19.1 Å². The average molecular weight is 379 g/mol. The molecular weight excluding hydrogens is 358 g/mol. The van der Waals surface area contributed by atoms with Gasteiger partial charge in [-0.05, 0) is 61.9 Å². The lowest BCUT2D eigenvalue weighted by molar-refractivity contribution is 0.0525. The number of ether oxygens (including phenoxy) is 2. The van der Waals surface area contributed by atoms with Crippen LogP contribution in [0.25, 0.3) is 16.9 Å². The fraction of sp³-hybridized carbons (Fsp3) is 0.182. The maximum absolute atomic E-state index is 12.4. The van der Waals surface area contributed by atoms with E-state index in [0.717, 1.165) is 5.56 Å². The maximum atomic E-state index is 12.4. The number of carbonyl (C=O) groups is 2. The molecule has 3 aromatic rings. The summed E-state index contributed by atoms with van der Waals surface area (Å²) in [6.07, 6.45) is 0. The Kier molecular flexibility index (Phi) is 5.49. The molecule has 2 aromatic carbocycles. The van der Waals surface area contributed by atoms with Crippen LogP contribution >= 0.6 is 0 Å². The summed E-state index contributed by atoms with van der Waals surface area (Å²) in [5.74, 6) is -0.779. The number of benzene rings is 2. The molecule has 0 bridgehead atoms. The Morgan fingerprint density at radius 3 is 2.32 bits per heavy atom. The van der Waals surface area contributed by atoms with E-state index >= 15 is 0 Å². The Labute approximate surface area is 162 Å². The molecule has 28 heavy (non-hydrogen) atoms. The van der Waals surface area contributed by atoms with Gasteiger partial charge in [-0.3, -0.25) is 0 Å². The number of carboxylic acid groups (broad SMARTS) is 1. The SMILES string of the molecule is CCOC(=O)c1cc(-c2ccc(OC)cc2)n(-c2ccccc2C(=O)O)c1C. The summed E-state index contributed by atoms with van der Waals surface area (Å²) in [5, 5.41) is 9.63. The van der Waals surface area contributed by atoms with Crippen LogP contribution in [-0.4, -0.2) is 35.3 Å². The summed E-state index contributed by atoms with van der Waals surface area (Å²) in [4.78, 5) is 24.2. The first kappa shape index (κ1) is 19.2. The van der Waals surface area contributed by atoms with Gasteiger partial charge in [-0.1, -0.05) is 12.1 Å². The normalized spacial score (nSPS) is 10.5. The predicted molar refractivity (Wildman–Crippen MR) is 105 cm³/mol. The third-order valence-corrected chi connectivity index (χ3v) is 4.50. The minimum absolute atomic E-state index is 0.145. The largest absolute Gasteiger partial charge is 0.497 e. The third-order valence-electron chi connectivity index (χ3n) is 4.50. The number of para-hydroxylation sites is 1. The number of aromatic nitrogens is 1. The summed E-state index contributed by atoms with van der Waals surface area (Å²) in [6.45, 7) is 3.78. The first-order valence-electron chi connectivity index (χ1n) is 8.84. The van der Waals surface area contributed by atoms with Crippen LogP contribution in [0.4, 0.5) is 0 Å². The molecule has 6 heteroatoms. The molecule has 144 valence electrons. The standard InChI is InChI=1S/C22H21NO5/c1-4-28-22(26)18-13-20(15-9-11-16(27-3)12-10-15)23(14(18)2)19-8-6-5-7-17(19)21(24)25/h5-13H,4H2,1-3H3,(H,24,25). The van der Waals surface area contributed by atoms with Crippen LogP contribution in [0.2, 0.25) is 0 Å². The van der Waals surface area contributed by atoms with Crippen molar-refractivity contribution in [1.29, 1.82) is 0 Å². The second-order valence-electron chi connectivity index (χ2n) is 6.14. The van der Waals surface area contributed by atoms with E-state index in [1.807, 2.05) is 24.3 Å². The van der Waals surface area contributed by atoms with Crippen molar-refractivity contribution in [1.82, 2.24) is 4.57 Å². The summed E-state index contributed by atoms with van der Waals surface area (Å²) in [6, 6.07) is 15.8. The maximum Gasteiger partial charge on any atom is 0.339 e. The minimum Gasteiger partial charge on any atom is -0.497 e. The zero-order valence-electron chi connectivity index (χ0n) is 15.9. The summed E-state index contributed by atoms with van der Waals surface area (Å²) >= 11 is 0. The van der Waals surface area contributed by atoms with Crippen molar-refractivity contribution in [2.24, 2.45) is 0 Å². The molecule has 6 nitrogen and oxygen atoms in total. The highest BCUT2D eigenvalue weighted by Crippen LogP contribution is 2.32. The molecule has 0 aliphatic carbocycles. The molecular formula is C22H21NO5. The number of methoxy groups -OCH3 is 1. The molecule has 0 radical (unpaired) electrons. The van der Waals surface area contributed by atoms with E-state index in [4.69, 9.17) is 9.47 Å². The Balaban J connectivity index is 2.27. The van der Waals surface area contributed by atoms with Crippen molar-refractivity contribution in [2.45, 2.75) is 13.8 Å². The fourth-order valence-electron chi connectivity index (χ4n) is 3.16. The molecule has 0 fully saturated rings. The highest BCUT2D eigenvalue weighted by molar-refractivity contribution is 5.95. The van der Waals surface area contributed by atoms with E-state index in [2.05, 4.69) is 0 Å². The van der Waals surface area contributed by atoms with Crippen LogP contribution in [-0.2, 0) is 4.74 Å². The van der Waals surface area contributed by atoms with Crippen LogP contribution in [0.15, 0.2) is 54.6 Å². The van der Waals surface area contributed by atoms with E-state index in [9.17, 15) is 14.7 Å². The Bertz CT molecular complexity index is 1020. The first-order chi connectivity index (χ1) is 13.5. The van der Waals surface area contributed by atoms with Gasteiger partial charge in [0.1, 0.15) is 5.75 Å². The second-order valence-corrected chi connectivity index (χ2v) is 6.14. The number of rotatable bonds is 6. The van der Waals surface area contributed by atoms with Crippen molar-refractivity contribution in [3.05, 3.63) is 71.4 Å². The third kappa shape index (κ3) is 3.49. The predicted octanol–water partition coefficient (Wildman–Crippen LogP) is 4.34. The number of hydrogen-bond donors (Lipinski definition) is 1. The zero-order chi connectivity index (χ0) is 20.3. The number of carboxylic acids is 1. The monoisotopic (exact) mass is 379 g/mol. The molecule has 0 aliphatic heterocycles. The summed E-state index contributed by atoms with van der Waals surface area (Å²) < 4.78 is 12.2. The number of aromatic carboxylic acids is 1. The first-order valence-corrected chi connectivity index (χ1v) is 8.84. The number of carbonyl (C=O) groups excluding carboxylic acids is 1. The number of nitrogens with zero attached hydrogens (tertiary/aromatic N) is 1. The van der Waals surface area contributed by atoms with Gasteiger partial charge in [0, 0.05) is 5.69 Å². The van der Waals surface area contributed by atoms with Gasteiger partial charge >= 0.3 is 11.9 Å². The lowest BCUT2D eigenvalue weighted by atomic mass is 10.1. The molecule has 3 rings (SSSR count). The van der Waals surface area contributed by atoms with E-state index < -0.39 is 11.9 Å². The van der Waals surface area contributed by atoms with Crippen LogP contribution < -0.4 is 4.74 Å². The molecule has 0 saturated carbocycles. The van der Waals surface area contributed by atoms with Crippen LogP contribution in [0.3, 0.4) is 0 Å². The fourth-order valence-corrected chi connectivity index (χ4v) is 3.16. The molecule has 1 heterocycles. The molecule has 1 N–H and O–H groups in total. The van der Waals surface area contributed by atoms with Crippen LogP contribution in [0.5, 0.6) is 5.75 Å². The lowest BCUT2D eigenvalue weighted by Crippen LogP contribution is -2.09. The van der Waals surface area contributed by atoms with Crippen molar-refractivity contribution in [3.63, 3.8) is 0 Å². The highest BCUT2D eigenvalue weighted by Gasteiger charge is 2.23. The number of hydrogen-bond acceptors (Lipinski definition) is 4. The Morgan fingerprint density at radius 1 is 1.04 bits per heavy atom. The highest BCUT2D eigenvalue weighted by atomic mass is 16.5. The average Bonchev–Trinajstić information content (AvgIpc) is 3.05. The van der Waals surface area contributed by atoms with Gasteiger partial charge in [-0.15, -0.1) is 0 Å². The molecule has 0 saturated heterocycles. The minimum atomic E-state index is -1.04. The summed E-state index contributed by atoms with van der Waals surface area (Å²) in [5.41, 5.74) is 3.14. The summed E-state index contributed by atoms with van der Waals surface area (Å²) in [7, 11) is 1.59. The molecule has 1 aromatic heterocycles. The van der Waals surface area contributed by atoms with E-state index in [1.54, 1.807) is 55.9 Å². The van der Waals surface area contributed by atoms with Crippen molar-refractivity contribution in [2.75, 3.05) is 13.7 Å². The topological polar surface area (TPSA) is 77.8 Å². The van der Waals surface area contributed by atoms with Crippen molar-refractivity contribution in [3.8, 4) is 22.7 Å². The van der Waals surface area contributed by atoms with Crippen LogP contribution in [0, 0.1) is 6.92 Å². The van der Waals surface area contributed by atoms with Gasteiger partial charge in [0.25, 0.3) is 0 Å². The quantitative estimate of drug-likeness (QED) is 0.645. The van der Waals surface area contributed by atoms with Crippen LogP contribution in [0.1, 0.15) is 33.3 Å². The van der Waals surface area contributed by atoms with Gasteiger partial charge in [0.15, 0.2) is 0 Å². The second kappa shape index (κ2) is 8.00. The molecule has 0 atom stereocenters. The number of esters is 1. The Morgan fingerprint density at radius 2 is 1.71 bits per heavy atom. The smallest absolute Gasteiger partial charge is 0.339 e. The van der Waals surface area contributed by atoms with Gasteiger partial charge in [-0.25, -0.2) is 9.59 Å². The molecule has 0 amide bonds. The lowest BCUT2D eigenvalue weighted by Gasteiger charge is -2.15. The molecule has 0 unspecified atom stereocenters. The van der Waals surface area contributed by atoms with Gasteiger partial charge in [0.2, 0.25) is 0 Å².